The van der Waals surface area contributed by atoms with Crippen LogP contribution >= 0.6 is 10.2 Å². The van der Waals surface area contributed by atoms with Crippen molar-refractivity contribution in [3.05, 3.63) is 47.5 Å². The fourth-order valence-electron chi connectivity index (χ4n) is 2.34. The highest BCUT2D eigenvalue weighted by Gasteiger charge is 2.67. The molecule has 0 atom stereocenters. The maximum absolute atomic E-state index is 13.4. The van der Waals surface area contributed by atoms with E-state index in [0.717, 1.165) is 13.2 Å². The molecular weight excluding hydrogens is 431 g/mol. The van der Waals surface area contributed by atoms with Crippen LogP contribution in [0.2, 0.25) is 0 Å². The zero-order chi connectivity index (χ0) is 21.6. The van der Waals surface area contributed by atoms with E-state index < -0.39 is 41.6 Å². The van der Waals surface area contributed by atoms with E-state index >= 15 is 0 Å². The summed E-state index contributed by atoms with van der Waals surface area (Å²) in [5.74, 6) is -1.51. The molecule has 2 rings (SSSR count). The number of carbonyl (C=O) groups excluding carboxylic acids is 1. The number of halogens is 5. The molecule has 2 aromatic rings. The molecule has 0 aromatic heterocycles. The first kappa shape index (κ1) is 22.0. The minimum atomic E-state index is -10.3. The lowest BCUT2D eigenvalue weighted by atomic mass is 10.1. The van der Waals surface area contributed by atoms with Crippen molar-refractivity contribution >= 4 is 26.0 Å². The second kappa shape index (κ2) is 6.08. The molecule has 28 heavy (non-hydrogen) atoms. The lowest BCUT2D eigenvalue weighted by Crippen LogP contribution is -2.12. The first-order valence-electron chi connectivity index (χ1n) is 7.38. The second-order valence-corrected chi connectivity index (χ2v) is 10.2. The smallest absolute Gasteiger partial charge is 0.338 e. The minimum absolute atomic E-state index is 0.0562. The van der Waals surface area contributed by atoms with Crippen molar-refractivity contribution in [1.82, 2.24) is 0 Å². The summed E-state index contributed by atoms with van der Waals surface area (Å²) < 4.78 is 99.7. The molecule has 0 aliphatic heterocycles. The van der Waals surface area contributed by atoms with E-state index in [-0.39, 0.29) is 22.9 Å². The highest BCUT2D eigenvalue weighted by atomic mass is 32.5. The van der Waals surface area contributed by atoms with Gasteiger partial charge in [0.15, 0.2) is 9.84 Å². The molecule has 0 bridgehead atoms. The summed E-state index contributed by atoms with van der Waals surface area (Å²) in [5.41, 5.74) is 0.246. The lowest BCUT2D eigenvalue weighted by Gasteiger charge is -2.41. The third kappa shape index (κ3) is 4.73. The molecular formula is C16H15F5O5S2. The molecule has 0 N–H and O–H groups in total. The minimum Gasteiger partial charge on any atom is -0.465 e. The van der Waals surface area contributed by atoms with Gasteiger partial charge < -0.3 is 9.47 Å². The van der Waals surface area contributed by atoms with Gasteiger partial charge in [-0.05, 0) is 31.2 Å². The van der Waals surface area contributed by atoms with E-state index in [0.29, 0.717) is 12.3 Å². The maximum Gasteiger partial charge on any atom is 0.338 e. The molecule has 5 nitrogen and oxygen atoms in total. The quantitative estimate of drug-likeness (QED) is 0.440. The normalized spacial score (nSPS) is 14.7. The van der Waals surface area contributed by atoms with E-state index in [1.807, 2.05) is 0 Å². The van der Waals surface area contributed by atoms with Crippen molar-refractivity contribution in [2.75, 3.05) is 13.4 Å². The number of esters is 1. The summed E-state index contributed by atoms with van der Waals surface area (Å²) >= 11 is 0. The van der Waals surface area contributed by atoms with Crippen molar-refractivity contribution in [2.24, 2.45) is 0 Å². The number of sulfone groups is 1. The molecule has 0 saturated heterocycles. The Hall–Kier alpha value is -2.34. The molecule has 156 valence electrons. The maximum atomic E-state index is 13.4. The van der Waals surface area contributed by atoms with Gasteiger partial charge >= 0.3 is 16.2 Å². The molecule has 0 aliphatic rings. The summed E-state index contributed by atoms with van der Waals surface area (Å²) in [5, 5.41) is 0. The number of hydrogen-bond acceptors (Lipinski definition) is 5. The van der Waals surface area contributed by atoms with Crippen LogP contribution in [-0.2, 0) is 14.6 Å². The standard InChI is InChI=1S/C16H15F5O5S2/c1-10-12(16(22)25-2)5-4-6-13(10)26-11-7-8-14(27(3,23)24)15(9-11)28(17,18,19,20)21/h4-9H,1-3H3. The average molecular weight is 446 g/mol. The average Bonchev–Trinajstić information content (AvgIpc) is 2.53. The zero-order valence-corrected chi connectivity index (χ0v) is 16.3. The first-order chi connectivity index (χ1) is 12.4. The Kier molecular flexibility index (Phi) is 4.77. The number of benzene rings is 2. The summed E-state index contributed by atoms with van der Waals surface area (Å²) in [6.07, 6.45) is 0.389. The van der Waals surface area contributed by atoms with E-state index in [1.165, 1.54) is 25.1 Å². The Labute approximate surface area is 157 Å². The SMILES string of the molecule is COC(=O)c1cccc(Oc2ccc(S(C)(=O)=O)c(S(F)(F)(F)(F)F)c2)c1C. The van der Waals surface area contributed by atoms with Gasteiger partial charge in [-0.15, -0.1) is 0 Å². The van der Waals surface area contributed by atoms with E-state index in [1.54, 1.807) is 0 Å². The van der Waals surface area contributed by atoms with Crippen LogP contribution in [0.4, 0.5) is 19.4 Å². The number of rotatable bonds is 5. The molecule has 0 saturated carbocycles. The largest absolute Gasteiger partial charge is 0.465 e. The van der Waals surface area contributed by atoms with Crippen LogP contribution < -0.4 is 4.74 Å². The molecule has 0 aliphatic carbocycles. The Balaban J connectivity index is 2.64. The van der Waals surface area contributed by atoms with Gasteiger partial charge in [0, 0.05) is 17.9 Å². The summed E-state index contributed by atoms with van der Waals surface area (Å²) in [6, 6.07) is 5.17. The lowest BCUT2D eigenvalue weighted by molar-refractivity contribution is 0.0599. The van der Waals surface area contributed by atoms with E-state index in [4.69, 9.17) is 4.74 Å². The van der Waals surface area contributed by atoms with Crippen LogP contribution in [-0.4, -0.2) is 27.8 Å². The molecule has 0 fully saturated rings. The summed E-state index contributed by atoms with van der Waals surface area (Å²) in [6.45, 7) is 1.41. The number of hydrogen-bond donors (Lipinski definition) is 0. The molecule has 2 aromatic carbocycles. The Morgan fingerprint density at radius 1 is 1.04 bits per heavy atom. The van der Waals surface area contributed by atoms with Gasteiger partial charge in [0.1, 0.15) is 16.4 Å². The number of ether oxygens (including phenoxy) is 2. The van der Waals surface area contributed by atoms with Gasteiger partial charge in [-0.2, -0.15) is 0 Å². The summed E-state index contributed by atoms with van der Waals surface area (Å²) in [7, 11) is -13.8. The molecule has 0 spiro atoms. The van der Waals surface area contributed by atoms with Crippen molar-refractivity contribution in [2.45, 2.75) is 16.7 Å². The van der Waals surface area contributed by atoms with Gasteiger partial charge in [0.2, 0.25) is 0 Å². The molecule has 0 radical (unpaired) electrons. The van der Waals surface area contributed by atoms with Crippen molar-refractivity contribution < 1.29 is 42.1 Å². The molecule has 0 amide bonds. The predicted molar refractivity (Wildman–Crippen MR) is 93.5 cm³/mol. The van der Waals surface area contributed by atoms with E-state index in [2.05, 4.69) is 4.74 Å². The van der Waals surface area contributed by atoms with Crippen LogP contribution in [0.5, 0.6) is 11.5 Å². The number of methoxy groups -OCH3 is 1. The van der Waals surface area contributed by atoms with Gasteiger partial charge in [-0.1, -0.05) is 25.5 Å². The van der Waals surface area contributed by atoms with Crippen LogP contribution in [0.25, 0.3) is 0 Å². The monoisotopic (exact) mass is 446 g/mol. The topological polar surface area (TPSA) is 69.7 Å². The third-order valence-corrected chi connectivity index (χ3v) is 6.10. The Morgan fingerprint density at radius 3 is 2.14 bits per heavy atom. The molecule has 0 heterocycles. The zero-order valence-electron chi connectivity index (χ0n) is 14.7. The third-order valence-electron chi connectivity index (χ3n) is 3.65. The van der Waals surface area contributed by atoms with Crippen molar-refractivity contribution in [3.63, 3.8) is 0 Å². The van der Waals surface area contributed by atoms with Gasteiger partial charge in [0.05, 0.1) is 17.6 Å². The van der Waals surface area contributed by atoms with Crippen LogP contribution in [0.3, 0.4) is 0 Å². The predicted octanol–water partition coefficient (Wildman–Crippen LogP) is 5.63. The van der Waals surface area contributed by atoms with Crippen LogP contribution in [0.15, 0.2) is 46.2 Å². The Morgan fingerprint density at radius 2 is 1.64 bits per heavy atom. The first-order valence-corrected chi connectivity index (χ1v) is 11.2. The van der Waals surface area contributed by atoms with Crippen molar-refractivity contribution in [3.8, 4) is 11.5 Å². The number of carbonyl (C=O) groups is 1. The van der Waals surface area contributed by atoms with Gasteiger partial charge in [0.25, 0.3) is 0 Å². The highest BCUT2D eigenvalue weighted by molar-refractivity contribution is 8.45. The van der Waals surface area contributed by atoms with Gasteiger partial charge in [-0.3, -0.25) is 0 Å². The van der Waals surface area contributed by atoms with Crippen molar-refractivity contribution in [1.29, 1.82) is 0 Å². The fourth-order valence-corrected chi connectivity index (χ4v) is 4.80. The van der Waals surface area contributed by atoms with Crippen LogP contribution in [0.1, 0.15) is 15.9 Å². The highest BCUT2D eigenvalue weighted by Crippen LogP contribution is 3.02. The second-order valence-electron chi connectivity index (χ2n) is 5.87. The molecule has 12 heteroatoms. The summed E-state index contributed by atoms with van der Waals surface area (Å²) in [4.78, 5) is 7.55. The Bertz CT molecular complexity index is 1060. The van der Waals surface area contributed by atoms with E-state index in [9.17, 15) is 32.6 Å². The fraction of sp³-hybridized carbons (Fsp3) is 0.188. The van der Waals surface area contributed by atoms with Gasteiger partial charge in [-0.25, -0.2) is 13.2 Å². The van der Waals surface area contributed by atoms with Crippen LogP contribution in [0, 0.1) is 6.92 Å². The molecule has 0 unspecified atom stereocenters.